The molecule has 0 fully saturated rings. The van der Waals surface area contributed by atoms with Crippen molar-refractivity contribution in [3.05, 3.63) is 23.9 Å². The summed E-state index contributed by atoms with van der Waals surface area (Å²) in [6.07, 6.45) is -1.73. The normalized spacial score (nSPS) is 14.9. The van der Waals surface area contributed by atoms with E-state index in [2.05, 4.69) is 11.9 Å². The summed E-state index contributed by atoms with van der Waals surface area (Å²) in [5.74, 6) is 0. The lowest BCUT2D eigenvalue weighted by molar-refractivity contribution is -0.0977. The monoisotopic (exact) mass is 221 g/mol. The highest BCUT2D eigenvalue weighted by Gasteiger charge is 2.34. The minimum Gasteiger partial charge on any atom is -0.379 e. The maximum Gasteiger partial charge on any atom is 0.430 e. The molecular formula is C11H18F3N. The Balaban J connectivity index is 4.61. The second-order valence-electron chi connectivity index (χ2n) is 3.74. The average molecular weight is 221 g/mol. The van der Waals surface area contributed by atoms with Crippen LogP contribution in [-0.2, 0) is 0 Å². The van der Waals surface area contributed by atoms with Crippen LogP contribution in [0, 0.1) is 0 Å². The van der Waals surface area contributed by atoms with E-state index in [1.807, 2.05) is 6.92 Å². The topological polar surface area (TPSA) is 12.0 Å². The van der Waals surface area contributed by atoms with Crippen LogP contribution in [0.2, 0.25) is 0 Å². The third-order valence-corrected chi connectivity index (χ3v) is 1.82. The maximum absolute atomic E-state index is 12.5. The molecular weight excluding hydrogens is 203 g/mol. The van der Waals surface area contributed by atoms with E-state index in [0.717, 1.165) is 12.5 Å². The molecule has 0 aromatic rings. The molecule has 0 aliphatic carbocycles. The Hall–Kier alpha value is -0.930. The Kier molecular flexibility index (Phi) is 5.47. The lowest BCUT2D eigenvalue weighted by Gasteiger charge is -2.19. The first-order valence-electron chi connectivity index (χ1n) is 4.98. The minimum absolute atomic E-state index is 0.178. The number of alkyl halides is 3. The largest absolute Gasteiger partial charge is 0.430 e. The fraction of sp³-hybridized carbons (Fsp3) is 0.636. The molecule has 1 atom stereocenters. The fourth-order valence-electron chi connectivity index (χ4n) is 1.22. The van der Waals surface area contributed by atoms with Crippen molar-refractivity contribution in [3.8, 4) is 0 Å². The van der Waals surface area contributed by atoms with Gasteiger partial charge >= 0.3 is 6.18 Å². The van der Waals surface area contributed by atoms with E-state index >= 15 is 0 Å². The lowest BCUT2D eigenvalue weighted by Crippen LogP contribution is -2.33. The number of halogens is 3. The molecule has 1 N–H and O–H groups in total. The molecule has 0 saturated heterocycles. The molecule has 88 valence electrons. The van der Waals surface area contributed by atoms with Gasteiger partial charge < -0.3 is 5.32 Å². The Morgan fingerprint density at radius 2 is 2.00 bits per heavy atom. The molecule has 0 saturated carbocycles. The third kappa shape index (κ3) is 6.20. The van der Waals surface area contributed by atoms with Gasteiger partial charge in [0.15, 0.2) is 0 Å². The zero-order valence-corrected chi connectivity index (χ0v) is 9.41. The molecule has 0 amide bonds. The number of hydrogen-bond donors (Lipinski definition) is 1. The lowest BCUT2D eigenvalue weighted by atomic mass is 10.1. The Bertz CT molecular complexity index is 241. The Morgan fingerprint density at radius 1 is 1.47 bits per heavy atom. The van der Waals surface area contributed by atoms with Gasteiger partial charge in [-0.05, 0) is 26.3 Å². The van der Waals surface area contributed by atoms with Gasteiger partial charge in [-0.1, -0.05) is 25.5 Å². The molecule has 0 aliphatic rings. The summed E-state index contributed by atoms with van der Waals surface area (Å²) in [6.45, 7) is 8.66. The van der Waals surface area contributed by atoms with Crippen LogP contribution < -0.4 is 5.32 Å². The van der Waals surface area contributed by atoms with Gasteiger partial charge in [0.25, 0.3) is 0 Å². The predicted octanol–water partition coefficient (Wildman–Crippen LogP) is 3.79. The summed E-state index contributed by atoms with van der Waals surface area (Å²) >= 11 is 0. The van der Waals surface area contributed by atoms with Crippen molar-refractivity contribution in [2.75, 3.05) is 0 Å². The molecule has 0 aromatic carbocycles. The van der Waals surface area contributed by atoms with E-state index in [4.69, 9.17) is 0 Å². The minimum atomic E-state index is -4.33. The number of nitrogens with one attached hydrogen (secondary N) is 1. The van der Waals surface area contributed by atoms with E-state index < -0.39 is 11.9 Å². The molecule has 0 aliphatic heterocycles. The second kappa shape index (κ2) is 5.83. The van der Waals surface area contributed by atoms with Crippen LogP contribution in [0.1, 0.15) is 33.6 Å². The van der Waals surface area contributed by atoms with Crippen molar-refractivity contribution in [3.63, 3.8) is 0 Å². The summed E-state index contributed by atoms with van der Waals surface area (Å²) in [6, 6.07) is -0.178. The first-order valence-corrected chi connectivity index (χ1v) is 4.98. The van der Waals surface area contributed by atoms with Gasteiger partial charge in [-0.15, -0.1) is 0 Å². The molecule has 0 aromatic heterocycles. The van der Waals surface area contributed by atoms with Crippen molar-refractivity contribution in [2.24, 2.45) is 0 Å². The van der Waals surface area contributed by atoms with Crippen molar-refractivity contribution in [1.29, 1.82) is 0 Å². The van der Waals surface area contributed by atoms with Crippen LogP contribution in [0.5, 0.6) is 0 Å². The van der Waals surface area contributed by atoms with E-state index in [1.54, 1.807) is 6.92 Å². The zero-order chi connectivity index (χ0) is 12.1. The molecule has 0 bridgehead atoms. The quantitative estimate of drug-likeness (QED) is 0.696. The van der Waals surface area contributed by atoms with E-state index in [-0.39, 0.29) is 6.04 Å². The highest BCUT2D eigenvalue weighted by molar-refractivity contribution is 5.21. The molecule has 0 rings (SSSR count). The summed E-state index contributed by atoms with van der Waals surface area (Å²) in [5, 5.41) is 2.46. The molecule has 0 heterocycles. The molecule has 0 radical (unpaired) electrons. The van der Waals surface area contributed by atoms with Crippen LogP contribution in [0.15, 0.2) is 23.9 Å². The van der Waals surface area contributed by atoms with Crippen molar-refractivity contribution in [2.45, 2.75) is 45.8 Å². The molecule has 0 spiro atoms. The second-order valence-corrected chi connectivity index (χ2v) is 3.74. The van der Waals surface area contributed by atoms with Crippen LogP contribution >= 0.6 is 0 Å². The highest BCUT2D eigenvalue weighted by Crippen LogP contribution is 2.25. The first kappa shape index (κ1) is 14.1. The van der Waals surface area contributed by atoms with Gasteiger partial charge in [0.1, 0.15) is 5.70 Å². The number of allylic oxidation sites excluding steroid dienone is 3. The molecule has 15 heavy (non-hydrogen) atoms. The van der Waals surface area contributed by atoms with Crippen LogP contribution in [0.3, 0.4) is 0 Å². The van der Waals surface area contributed by atoms with Crippen molar-refractivity contribution in [1.82, 2.24) is 5.32 Å². The SMILES string of the molecule is C=C(C)/C=C(\NC(C)CCC)C(F)(F)F. The highest BCUT2D eigenvalue weighted by atomic mass is 19.4. The van der Waals surface area contributed by atoms with E-state index in [9.17, 15) is 13.2 Å². The Labute approximate surface area is 89.1 Å². The molecule has 1 unspecified atom stereocenters. The summed E-state index contributed by atoms with van der Waals surface area (Å²) in [4.78, 5) is 0. The number of rotatable bonds is 5. The Morgan fingerprint density at radius 3 is 2.33 bits per heavy atom. The summed E-state index contributed by atoms with van der Waals surface area (Å²) < 4.78 is 37.5. The van der Waals surface area contributed by atoms with Gasteiger partial charge in [-0.2, -0.15) is 13.2 Å². The maximum atomic E-state index is 12.5. The molecule has 1 nitrogen and oxygen atoms in total. The van der Waals surface area contributed by atoms with Gasteiger partial charge in [0.05, 0.1) is 0 Å². The van der Waals surface area contributed by atoms with E-state index in [1.165, 1.54) is 6.92 Å². The summed E-state index contributed by atoms with van der Waals surface area (Å²) in [5.41, 5.74) is -0.325. The standard InChI is InChI=1S/C11H18F3N/c1-5-6-9(4)15-10(7-8(2)3)11(12,13)14/h7,9,15H,2,5-6H2,1,3-4H3/b10-7-. The predicted molar refractivity (Wildman–Crippen MR) is 56.5 cm³/mol. The zero-order valence-electron chi connectivity index (χ0n) is 9.41. The van der Waals surface area contributed by atoms with Gasteiger partial charge in [-0.3, -0.25) is 0 Å². The van der Waals surface area contributed by atoms with Gasteiger partial charge in [-0.25, -0.2) is 0 Å². The average Bonchev–Trinajstić information content (AvgIpc) is 2.00. The third-order valence-electron chi connectivity index (χ3n) is 1.82. The first-order chi connectivity index (χ1) is 6.77. The smallest absolute Gasteiger partial charge is 0.379 e. The van der Waals surface area contributed by atoms with E-state index in [0.29, 0.717) is 12.0 Å². The van der Waals surface area contributed by atoms with Gasteiger partial charge in [0.2, 0.25) is 0 Å². The van der Waals surface area contributed by atoms with Crippen molar-refractivity contribution < 1.29 is 13.2 Å². The fourth-order valence-corrected chi connectivity index (χ4v) is 1.22. The molecule has 4 heteroatoms. The van der Waals surface area contributed by atoms with Crippen LogP contribution in [-0.4, -0.2) is 12.2 Å². The summed E-state index contributed by atoms with van der Waals surface area (Å²) in [7, 11) is 0. The van der Waals surface area contributed by atoms with Gasteiger partial charge in [0, 0.05) is 6.04 Å². The number of hydrogen-bond acceptors (Lipinski definition) is 1. The van der Waals surface area contributed by atoms with Crippen LogP contribution in [0.4, 0.5) is 13.2 Å². The van der Waals surface area contributed by atoms with Crippen LogP contribution in [0.25, 0.3) is 0 Å². The van der Waals surface area contributed by atoms with Crippen molar-refractivity contribution >= 4 is 0 Å².